The Morgan fingerprint density at radius 2 is 2.10 bits per heavy atom. The minimum absolute atomic E-state index is 0.0104. The molecule has 3 aromatic rings. The number of nitrogens with zero attached hydrogens (tertiary/aromatic N) is 5. The van der Waals surface area contributed by atoms with Crippen molar-refractivity contribution in [1.82, 2.24) is 24.7 Å². The summed E-state index contributed by atoms with van der Waals surface area (Å²) >= 11 is 3.29. The molecule has 110 valence electrons. The highest BCUT2D eigenvalue weighted by molar-refractivity contribution is 9.10. The van der Waals surface area contributed by atoms with Crippen LogP contribution >= 0.6 is 15.9 Å². The molecular formula is C11H7BrF3N5O. The van der Waals surface area contributed by atoms with Gasteiger partial charge in [-0.15, -0.1) is 10.2 Å². The first-order valence-electron chi connectivity index (χ1n) is 5.72. The van der Waals surface area contributed by atoms with Gasteiger partial charge in [0.1, 0.15) is 12.4 Å². The summed E-state index contributed by atoms with van der Waals surface area (Å²) in [6.45, 7) is 1.71. The number of aromatic nitrogens is 5. The zero-order chi connectivity index (χ0) is 15.2. The maximum absolute atomic E-state index is 12.4. The quantitative estimate of drug-likeness (QED) is 0.701. The van der Waals surface area contributed by atoms with Crippen LogP contribution in [0, 0.1) is 6.92 Å². The van der Waals surface area contributed by atoms with E-state index in [-0.39, 0.29) is 12.4 Å². The molecule has 0 unspecified atom stereocenters. The van der Waals surface area contributed by atoms with Crippen LogP contribution in [0.25, 0.3) is 11.2 Å². The van der Waals surface area contributed by atoms with Gasteiger partial charge in [-0.05, 0) is 28.9 Å². The molecule has 0 saturated carbocycles. The zero-order valence-corrected chi connectivity index (χ0v) is 12.1. The van der Waals surface area contributed by atoms with Gasteiger partial charge in [0.2, 0.25) is 5.89 Å². The van der Waals surface area contributed by atoms with Crippen LogP contribution in [0.4, 0.5) is 13.2 Å². The summed E-state index contributed by atoms with van der Waals surface area (Å²) in [6, 6.07) is 1.77. The third kappa shape index (κ3) is 2.62. The Morgan fingerprint density at radius 3 is 2.76 bits per heavy atom. The third-order valence-corrected chi connectivity index (χ3v) is 3.20. The van der Waals surface area contributed by atoms with Gasteiger partial charge < -0.3 is 8.98 Å². The zero-order valence-electron chi connectivity index (χ0n) is 10.5. The standard InChI is InChI=1S/C11H7BrF3N5O/c1-5-17-9-7(2-6(12)3-16-9)20(5)4-8-18-19-10(21-8)11(13,14)15/h2-3H,4H2,1H3. The second-order valence-electron chi connectivity index (χ2n) is 4.24. The summed E-state index contributed by atoms with van der Waals surface area (Å²) in [6.07, 6.45) is -3.06. The van der Waals surface area contributed by atoms with Crippen molar-refractivity contribution in [3.63, 3.8) is 0 Å². The normalized spacial score (nSPS) is 12.2. The first kappa shape index (κ1) is 14.0. The summed E-state index contributed by atoms with van der Waals surface area (Å²) in [4.78, 5) is 8.35. The van der Waals surface area contributed by atoms with E-state index in [4.69, 9.17) is 0 Å². The predicted octanol–water partition coefficient (Wildman–Crippen LogP) is 2.95. The van der Waals surface area contributed by atoms with E-state index < -0.39 is 12.1 Å². The molecule has 0 aliphatic carbocycles. The summed E-state index contributed by atoms with van der Waals surface area (Å²) < 4.78 is 44.3. The number of rotatable bonds is 2. The molecule has 6 nitrogen and oxygen atoms in total. The molecule has 3 aromatic heterocycles. The lowest BCUT2D eigenvalue weighted by Crippen LogP contribution is -2.05. The van der Waals surface area contributed by atoms with E-state index in [1.807, 2.05) is 0 Å². The molecule has 0 radical (unpaired) electrons. The molecule has 0 saturated heterocycles. The molecular weight excluding hydrogens is 355 g/mol. The van der Waals surface area contributed by atoms with Crippen LogP contribution in [0.2, 0.25) is 0 Å². The summed E-state index contributed by atoms with van der Waals surface area (Å²) in [7, 11) is 0. The van der Waals surface area contributed by atoms with Gasteiger partial charge in [-0.2, -0.15) is 13.2 Å². The Balaban J connectivity index is 2.00. The van der Waals surface area contributed by atoms with Gasteiger partial charge in [-0.1, -0.05) is 0 Å². The fourth-order valence-electron chi connectivity index (χ4n) is 1.86. The lowest BCUT2D eigenvalue weighted by atomic mass is 10.4. The predicted molar refractivity (Wildman–Crippen MR) is 68.4 cm³/mol. The number of alkyl halides is 3. The van der Waals surface area contributed by atoms with Crippen molar-refractivity contribution in [2.75, 3.05) is 0 Å². The molecule has 0 bridgehead atoms. The average molecular weight is 362 g/mol. The second kappa shape index (κ2) is 4.79. The number of hydrogen-bond donors (Lipinski definition) is 0. The van der Waals surface area contributed by atoms with Crippen LogP contribution in [0.15, 0.2) is 21.2 Å². The van der Waals surface area contributed by atoms with Crippen molar-refractivity contribution in [2.45, 2.75) is 19.6 Å². The van der Waals surface area contributed by atoms with Gasteiger partial charge in [0.25, 0.3) is 0 Å². The molecule has 0 N–H and O–H groups in total. The largest absolute Gasteiger partial charge is 0.470 e. The Hall–Kier alpha value is -1.97. The van der Waals surface area contributed by atoms with Crippen molar-refractivity contribution in [2.24, 2.45) is 0 Å². The Kier molecular flexibility index (Phi) is 3.19. The van der Waals surface area contributed by atoms with Gasteiger partial charge >= 0.3 is 12.1 Å². The highest BCUT2D eigenvalue weighted by Gasteiger charge is 2.38. The number of aryl methyl sites for hydroxylation is 1. The second-order valence-corrected chi connectivity index (χ2v) is 5.16. The van der Waals surface area contributed by atoms with Crippen LogP contribution in [-0.2, 0) is 12.7 Å². The third-order valence-electron chi connectivity index (χ3n) is 2.77. The van der Waals surface area contributed by atoms with E-state index in [0.29, 0.717) is 17.0 Å². The fraction of sp³-hybridized carbons (Fsp3) is 0.273. The van der Waals surface area contributed by atoms with Gasteiger partial charge in [0.15, 0.2) is 5.65 Å². The fourth-order valence-corrected chi connectivity index (χ4v) is 2.18. The maximum Gasteiger partial charge on any atom is 0.470 e. The van der Waals surface area contributed by atoms with Gasteiger partial charge in [0, 0.05) is 10.7 Å². The van der Waals surface area contributed by atoms with Crippen LogP contribution in [0.1, 0.15) is 17.6 Å². The smallest absolute Gasteiger partial charge is 0.415 e. The molecule has 0 amide bonds. The van der Waals surface area contributed by atoms with E-state index in [2.05, 4.69) is 40.5 Å². The number of imidazole rings is 1. The summed E-state index contributed by atoms with van der Waals surface area (Å²) in [5.74, 6) is -0.925. The molecule has 10 heteroatoms. The number of fused-ring (bicyclic) bond motifs is 1. The number of pyridine rings is 1. The average Bonchev–Trinajstić information content (AvgIpc) is 2.96. The van der Waals surface area contributed by atoms with Crippen LogP contribution in [0.5, 0.6) is 0 Å². The van der Waals surface area contributed by atoms with Gasteiger partial charge in [-0.3, -0.25) is 0 Å². The lowest BCUT2D eigenvalue weighted by Gasteiger charge is -2.03. The van der Waals surface area contributed by atoms with Crippen LogP contribution in [-0.4, -0.2) is 24.7 Å². The monoisotopic (exact) mass is 361 g/mol. The van der Waals surface area contributed by atoms with Crippen molar-refractivity contribution in [1.29, 1.82) is 0 Å². The van der Waals surface area contributed by atoms with Crippen molar-refractivity contribution in [3.8, 4) is 0 Å². The van der Waals surface area contributed by atoms with E-state index in [0.717, 1.165) is 4.47 Å². The summed E-state index contributed by atoms with van der Waals surface area (Å²) in [5, 5.41) is 6.41. The summed E-state index contributed by atoms with van der Waals surface area (Å²) in [5.41, 5.74) is 1.15. The topological polar surface area (TPSA) is 69.6 Å². The molecule has 0 aliphatic heterocycles. The Bertz CT molecular complexity index is 810. The SMILES string of the molecule is Cc1nc2ncc(Br)cc2n1Cc1nnc(C(F)(F)F)o1. The highest BCUT2D eigenvalue weighted by atomic mass is 79.9. The molecule has 3 heterocycles. The highest BCUT2D eigenvalue weighted by Crippen LogP contribution is 2.28. The molecule has 0 spiro atoms. The molecule has 21 heavy (non-hydrogen) atoms. The Labute approximate surface area is 124 Å². The molecule has 0 fully saturated rings. The van der Waals surface area contributed by atoms with Crippen molar-refractivity contribution in [3.05, 3.63) is 34.3 Å². The minimum atomic E-state index is -4.65. The molecule has 0 aliphatic rings. The van der Waals surface area contributed by atoms with Crippen LogP contribution in [0.3, 0.4) is 0 Å². The first-order valence-corrected chi connectivity index (χ1v) is 6.52. The van der Waals surface area contributed by atoms with Gasteiger partial charge in [-0.25, -0.2) is 9.97 Å². The van der Waals surface area contributed by atoms with E-state index in [9.17, 15) is 13.2 Å². The number of hydrogen-bond acceptors (Lipinski definition) is 5. The Morgan fingerprint density at radius 1 is 1.33 bits per heavy atom. The minimum Gasteiger partial charge on any atom is -0.415 e. The van der Waals surface area contributed by atoms with Crippen molar-refractivity contribution >= 4 is 27.1 Å². The molecule has 0 atom stereocenters. The van der Waals surface area contributed by atoms with E-state index >= 15 is 0 Å². The van der Waals surface area contributed by atoms with E-state index in [1.165, 1.54) is 0 Å². The maximum atomic E-state index is 12.4. The first-order chi connectivity index (χ1) is 9.84. The lowest BCUT2D eigenvalue weighted by molar-refractivity contribution is -0.157. The van der Waals surface area contributed by atoms with Crippen LogP contribution < -0.4 is 0 Å². The molecule has 3 rings (SSSR count). The van der Waals surface area contributed by atoms with E-state index in [1.54, 1.807) is 23.8 Å². The van der Waals surface area contributed by atoms with Gasteiger partial charge in [0.05, 0.1) is 5.52 Å². The number of halogens is 4. The van der Waals surface area contributed by atoms with Crippen molar-refractivity contribution < 1.29 is 17.6 Å². The molecule has 0 aromatic carbocycles.